The van der Waals surface area contributed by atoms with Gasteiger partial charge in [0.05, 0.1) is 12.2 Å². The minimum Gasteiger partial charge on any atom is -0.380 e. The summed E-state index contributed by atoms with van der Waals surface area (Å²) < 4.78 is 5.17. The number of anilines is 1. The molecule has 0 spiro atoms. The van der Waals surface area contributed by atoms with Crippen LogP contribution in [0.5, 0.6) is 0 Å². The molecule has 0 aromatic carbocycles. The monoisotopic (exact) mass is 251 g/mol. The van der Waals surface area contributed by atoms with Crippen molar-refractivity contribution in [3.8, 4) is 0 Å². The normalized spacial score (nSPS) is 10.1. The summed E-state index contributed by atoms with van der Waals surface area (Å²) >= 11 is 0. The number of amides is 1. The van der Waals surface area contributed by atoms with Crippen molar-refractivity contribution in [1.82, 2.24) is 10.3 Å². The van der Waals surface area contributed by atoms with E-state index in [1.165, 1.54) is 0 Å². The molecule has 5 heteroatoms. The Balaban J connectivity index is 2.55. The van der Waals surface area contributed by atoms with Gasteiger partial charge in [-0.2, -0.15) is 0 Å². The molecule has 5 nitrogen and oxygen atoms in total. The van der Waals surface area contributed by atoms with Crippen LogP contribution in [0.3, 0.4) is 0 Å². The molecule has 1 rings (SSSR count). The highest BCUT2D eigenvalue weighted by atomic mass is 16.5. The van der Waals surface area contributed by atoms with Crippen molar-refractivity contribution in [2.24, 2.45) is 0 Å². The van der Waals surface area contributed by atoms with E-state index in [9.17, 15) is 4.79 Å². The van der Waals surface area contributed by atoms with E-state index < -0.39 is 0 Å². The quantitative estimate of drug-likeness (QED) is 0.690. The number of aromatic nitrogens is 1. The predicted octanol–water partition coefficient (Wildman–Crippen LogP) is 1.67. The van der Waals surface area contributed by atoms with Gasteiger partial charge in [0, 0.05) is 25.9 Å². The summed E-state index contributed by atoms with van der Waals surface area (Å²) in [5.41, 5.74) is 0.572. The fourth-order valence-corrected chi connectivity index (χ4v) is 1.45. The highest BCUT2D eigenvalue weighted by Crippen LogP contribution is 2.10. The summed E-state index contributed by atoms with van der Waals surface area (Å²) in [7, 11) is 0. The van der Waals surface area contributed by atoms with Crippen molar-refractivity contribution in [1.29, 1.82) is 0 Å². The van der Waals surface area contributed by atoms with Gasteiger partial charge >= 0.3 is 0 Å². The van der Waals surface area contributed by atoms with Crippen LogP contribution in [-0.2, 0) is 4.74 Å². The summed E-state index contributed by atoms with van der Waals surface area (Å²) in [4.78, 5) is 16.1. The molecule has 2 N–H and O–H groups in total. The smallest absolute Gasteiger partial charge is 0.255 e. The average Bonchev–Trinajstić information content (AvgIpc) is 2.41. The third-order valence-electron chi connectivity index (χ3n) is 2.33. The largest absolute Gasteiger partial charge is 0.380 e. The van der Waals surface area contributed by atoms with E-state index >= 15 is 0 Å². The van der Waals surface area contributed by atoms with Gasteiger partial charge in [0.25, 0.3) is 5.91 Å². The molecule has 0 saturated carbocycles. The second-order valence-corrected chi connectivity index (χ2v) is 3.78. The minimum absolute atomic E-state index is 0.124. The zero-order chi connectivity index (χ0) is 13.2. The lowest BCUT2D eigenvalue weighted by atomic mass is 10.2. The van der Waals surface area contributed by atoms with Crippen LogP contribution < -0.4 is 10.6 Å². The lowest BCUT2D eigenvalue weighted by molar-refractivity contribution is 0.0923. The highest BCUT2D eigenvalue weighted by Gasteiger charge is 2.10. The highest BCUT2D eigenvalue weighted by molar-refractivity contribution is 5.98. The van der Waals surface area contributed by atoms with Crippen LogP contribution in [-0.4, -0.2) is 37.2 Å². The van der Waals surface area contributed by atoms with Gasteiger partial charge in [0.15, 0.2) is 0 Å². The fourth-order valence-electron chi connectivity index (χ4n) is 1.45. The van der Waals surface area contributed by atoms with Gasteiger partial charge in [0.2, 0.25) is 0 Å². The molecule has 0 fully saturated rings. The predicted molar refractivity (Wildman–Crippen MR) is 71.8 cm³/mol. The van der Waals surface area contributed by atoms with Crippen LogP contribution in [0.1, 0.15) is 30.6 Å². The molecule has 0 aliphatic heterocycles. The number of pyridine rings is 1. The van der Waals surface area contributed by atoms with Gasteiger partial charge in [0.1, 0.15) is 5.82 Å². The standard InChI is InChI=1S/C13H21N3O2/c1-3-7-14-12-11(6-5-8-15-12)13(17)16-9-10-18-4-2/h5-6,8H,3-4,7,9-10H2,1-2H3,(H,14,15)(H,16,17). The number of carbonyl (C=O) groups is 1. The van der Waals surface area contributed by atoms with Crippen LogP contribution in [0.4, 0.5) is 5.82 Å². The molecule has 1 heterocycles. The van der Waals surface area contributed by atoms with E-state index in [-0.39, 0.29) is 5.91 Å². The zero-order valence-electron chi connectivity index (χ0n) is 11.0. The number of hydrogen-bond acceptors (Lipinski definition) is 4. The third-order valence-corrected chi connectivity index (χ3v) is 2.33. The summed E-state index contributed by atoms with van der Waals surface area (Å²) in [6.45, 7) is 6.49. The molecular weight excluding hydrogens is 230 g/mol. The van der Waals surface area contributed by atoms with Gasteiger partial charge in [-0.1, -0.05) is 6.92 Å². The Kier molecular flexibility index (Phi) is 6.79. The maximum Gasteiger partial charge on any atom is 0.255 e. The Morgan fingerprint density at radius 3 is 2.94 bits per heavy atom. The first-order valence-electron chi connectivity index (χ1n) is 6.34. The van der Waals surface area contributed by atoms with E-state index in [2.05, 4.69) is 22.5 Å². The first-order valence-corrected chi connectivity index (χ1v) is 6.34. The van der Waals surface area contributed by atoms with Crippen LogP contribution in [0.2, 0.25) is 0 Å². The maximum absolute atomic E-state index is 11.9. The number of ether oxygens (including phenoxy) is 1. The molecular formula is C13H21N3O2. The summed E-state index contributed by atoms with van der Waals surface area (Å²) in [6.07, 6.45) is 2.66. The second-order valence-electron chi connectivity index (χ2n) is 3.78. The second kappa shape index (κ2) is 8.47. The van der Waals surface area contributed by atoms with Gasteiger partial charge in [-0.25, -0.2) is 4.98 Å². The number of nitrogens with one attached hydrogen (secondary N) is 2. The van der Waals surface area contributed by atoms with E-state index in [0.717, 1.165) is 13.0 Å². The molecule has 0 bridgehead atoms. The Bertz CT molecular complexity index is 369. The van der Waals surface area contributed by atoms with Crippen LogP contribution >= 0.6 is 0 Å². The number of carbonyl (C=O) groups excluding carboxylic acids is 1. The summed E-state index contributed by atoms with van der Waals surface area (Å²) in [5.74, 6) is 0.509. The molecule has 0 aliphatic carbocycles. The maximum atomic E-state index is 11.9. The van der Waals surface area contributed by atoms with Crippen LogP contribution in [0.25, 0.3) is 0 Å². The van der Waals surface area contributed by atoms with E-state index in [0.29, 0.717) is 31.1 Å². The third kappa shape index (κ3) is 4.71. The Labute approximate surface area is 108 Å². The van der Waals surface area contributed by atoms with Gasteiger partial charge in [-0.05, 0) is 25.5 Å². The summed E-state index contributed by atoms with van der Waals surface area (Å²) in [6, 6.07) is 3.52. The van der Waals surface area contributed by atoms with Crippen LogP contribution in [0, 0.1) is 0 Å². The molecule has 0 aliphatic rings. The van der Waals surface area contributed by atoms with E-state index in [4.69, 9.17) is 4.74 Å². The summed E-state index contributed by atoms with van der Waals surface area (Å²) in [5, 5.41) is 5.95. The number of rotatable bonds is 8. The SMILES string of the molecule is CCCNc1ncccc1C(=O)NCCOCC. The molecule has 0 saturated heterocycles. The lowest BCUT2D eigenvalue weighted by Gasteiger charge is -2.10. The van der Waals surface area contributed by atoms with Crippen molar-refractivity contribution in [2.45, 2.75) is 20.3 Å². The molecule has 0 unspecified atom stereocenters. The molecule has 1 aromatic rings. The average molecular weight is 251 g/mol. The molecule has 18 heavy (non-hydrogen) atoms. The Morgan fingerprint density at radius 2 is 2.22 bits per heavy atom. The topological polar surface area (TPSA) is 63.2 Å². The van der Waals surface area contributed by atoms with Crippen molar-refractivity contribution in [3.63, 3.8) is 0 Å². The number of nitrogens with zero attached hydrogens (tertiary/aromatic N) is 1. The van der Waals surface area contributed by atoms with E-state index in [1.54, 1.807) is 18.3 Å². The van der Waals surface area contributed by atoms with Crippen molar-refractivity contribution in [3.05, 3.63) is 23.9 Å². The molecule has 1 amide bonds. The van der Waals surface area contributed by atoms with Gasteiger partial charge < -0.3 is 15.4 Å². The molecule has 100 valence electrons. The zero-order valence-corrected chi connectivity index (χ0v) is 11.0. The van der Waals surface area contributed by atoms with Crippen LogP contribution in [0.15, 0.2) is 18.3 Å². The van der Waals surface area contributed by atoms with Crippen molar-refractivity contribution < 1.29 is 9.53 Å². The van der Waals surface area contributed by atoms with Gasteiger partial charge in [-0.15, -0.1) is 0 Å². The fraction of sp³-hybridized carbons (Fsp3) is 0.538. The Morgan fingerprint density at radius 1 is 1.39 bits per heavy atom. The number of hydrogen-bond donors (Lipinski definition) is 2. The lowest BCUT2D eigenvalue weighted by Crippen LogP contribution is -2.28. The molecule has 0 atom stereocenters. The first-order chi connectivity index (χ1) is 8.79. The van der Waals surface area contributed by atoms with Crippen molar-refractivity contribution in [2.75, 3.05) is 31.6 Å². The molecule has 1 aromatic heterocycles. The minimum atomic E-state index is -0.124. The Hall–Kier alpha value is -1.62. The van der Waals surface area contributed by atoms with Gasteiger partial charge in [-0.3, -0.25) is 4.79 Å². The van der Waals surface area contributed by atoms with Crippen molar-refractivity contribution >= 4 is 11.7 Å². The molecule has 0 radical (unpaired) electrons. The first kappa shape index (κ1) is 14.4. The van der Waals surface area contributed by atoms with E-state index in [1.807, 2.05) is 6.92 Å².